The summed E-state index contributed by atoms with van der Waals surface area (Å²) in [4.78, 5) is 26.7. The molecular weight excluding hydrogens is 390 g/mol. The van der Waals surface area contributed by atoms with Gasteiger partial charge in [-0.3, -0.25) is 9.69 Å². The molecule has 0 spiro atoms. The lowest BCUT2D eigenvalue weighted by Crippen LogP contribution is -2.51. The summed E-state index contributed by atoms with van der Waals surface area (Å²) in [6, 6.07) is 9.66. The molecule has 4 rings (SSSR count). The van der Waals surface area contributed by atoms with Crippen LogP contribution in [0, 0.1) is 5.92 Å². The number of hydrogen-bond donors (Lipinski definition) is 2. The normalized spacial score (nSPS) is 23.8. The van der Waals surface area contributed by atoms with Crippen LogP contribution in [0.4, 0.5) is 23.1 Å². The molecule has 7 heteroatoms. The molecule has 1 aliphatic carbocycles. The van der Waals surface area contributed by atoms with E-state index in [-0.39, 0.29) is 24.1 Å². The summed E-state index contributed by atoms with van der Waals surface area (Å²) >= 11 is 0. The quantitative estimate of drug-likeness (QED) is 0.728. The molecule has 0 bridgehead atoms. The van der Waals surface area contributed by atoms with Crippen LogP contribution in [-0.2, 0) is 4.79 Å². The van der Waals surface area contributed by atoms with Gasteiger partial charge < -0.3 is 15.3 Å². The largest absolute Gasteiger partial charge is 0.393 e. The molecule has 1 aromatic carbocycles. The van der Waals surface area contributed by atoms with Crippen molar-refractivity contribution in [3.05, 3.63) is 36.5 Å². The molecule has 1 saturated carbocycles. The van der Waals surface area contributed by atoms with Crippen molar-refractivity contribution in [2.45, 2.75) is 71.1 Å². The lowest BCUT2D eigenvalue weighted by molar-refractivity contribution is -0.119. The van der Waals surface area contributed by atoms with Gasteiger partial charge in [0.15, 0.2) is 5.82 Å². The van der Waals surface area contributed by atoms with E-state index in [4.69, 9.17) is 4.98 Å². The van der Waals surface area contributed by atoms with Crippen molar-refractivity contribution in [1.29, 1.82) is 0 Å². The Balaban J connectivity index is 1.68. The number of benzene rings is 1. The third kappa shape index (κ3) is 4.66. The lowest BCUT2D eigenvalue weighted by atomic mass is 9.93. The van der Waals surface area contributed by atoms with Gasteiger partial charge in [-0.1, -0.05) is 32.0 Å². The molecular formula is C24H33N5O2. The Labute approximate surface area is 184 Å². The Bertz CT molecular complexity index is 896. The van der Waals surface area contributed by atoms with Crippen molar-refractivity contribution < 1.29 is 9.90 Å². The first-order valence-electron chi connectivity index (χ1n) is 11.4. The SMILES string of the molecule is CC(C)CCN1c2nc(N[C@H]3CC[C@H](O)CC3)ncc2N(c2ccccc2)C(=O)C1C. The number of amides is 1. The first kappa shape index (κ1) is 21.6. The molecule has 1 amide bonds. The summed E-state index contributed by atoms with van der Waals surface area (Å²) in [6.07, 6.45) is 5.97. The molecule has 0 radical (unpaired) electrons. The molecule has 2 aliphatic rings. The molecule has 1 aliphatic heterocycles. The zero-order chi connectivity index (χ0) is 22.0. The molecule has 1 atom stereocenters. The van der Waals surface area contributed by atoms with E-state index in [1.54, 1.807) is 11.1 Å². The number of hydrogen-bond acceptors (Lipinski definition) is 6. The summed E-state index contributed by atoms with van der Waals surface area (Å²) in [7, 11) is 0. The number of carbonyl (C=O) groups is 1. The van der Waals surface area contributed by atoms with Crippen LogP contribution in [0.25, 0.3) is 0 Å². The van der Waals surface area contributed by atoms with Gasteiger partial charge in [0.05, 0.1) is 12.3 Å². The Hall–Kier alpha value is -2.67. The second-order valence-corrected chi connectivity index (χ2v) is 9.11. The summed E-state index contributed by atoms with van der Waals surface area (Å²) in [5.41, 5.74) is 1.55. The number of aromatic nitrogens is 2. The van der Waals surface area contributed by atoms with Gasteiger partial charge in [-0.15, -0.1) is 0 Å². The van der Waals surface area contributed by atoms with E-state index in [0.717, 1.165) is 55.8 Å². The van der Waals surface area contributed by atoms with E-state index in [1.165, 1.54) is 0 Å². The number of aliphatic hydroxyl groups excluding tert-OH is 1. The molecule has 2 N–H and O–H groups in total. The summed E-state index contributed by atoms with van der Waals surface area (Å²) < 4.78 is 0. The van der Waals surface area contributed by atoms with E-state index < -0.39 is 0 Å². The van der Waals surface area contributed by atoms with Gasteiger partial charge in [-0.05, 0) is 57.1 Å². The minimum Gasteiger partial charge on any atom is -0.393 e. The maximum atomic E-state index is 13.4. The molecule has 166 valence electrons. The molecule has 2 heterocycles. The number of aliphatic hydroxyl groups is 1. The fourth-order valence-corrected chi connectivity index (χ4v) is 4.37. The minimum absolute atomic E-state index is 0.0352. The highest BCUT2D eigenvalue weighted by atomic mass is 16.3. The van der Waals surface area contributed by atoms with Crippen molar-refractivity contribution in [3.8, 4) is 0 Å². The fourth-order valence-electron chi connectivity index (χ4n) is 4.37. The van der Waals surface area contributed by atoms with Crippen molar-refractivity contribution in [2.75, 3.05) is 21.7 Å². The zero-order valence-electron chi connectivity index (χ0n) is 18.7. The number of anilines is 4. The molecule has 7 nitrogen and oxygen atoms in total. The van der Waals surface area contributed by atoms with Crippen molar-refractivity contribution in [1.82, 2.24) is 9.97 Å². The van der Waals surface area contributed by atoms with Gasteiger partial charge in [0.25, 0.3) is 5.91 Å². The summed E-state index contributed by atoms with van der Waals surface area (Å²) in [5.74, 6) is 1.95. The fraction of sp³-hybridized carbons (Fsp3) is 0.542. The minimum atomic E-state index is -0.306. The second kappa shape index (κ2) is 9.22. The highest BCUT2D eigenvalue weighted by molar-refractivity contribution is 6.09. The maximum absolute atomic E-state index is 13.4. The van der Waals surface area contributed by atoms with Gasteiger partial charge in [0.1, 0.15) is 11.7 Å². The molecule has 1 unspecified atom stereocenters. The van der Waals surface area contributed by atoms with Crippen molar-refractivity contribution in [2.24, 2.45) is 5.92 Å². The van der Waals surface area contributed by atoms with Gasteiger partial charge in [-0.25, -0.2) is 4.98 Å². The van der Waals surface area contributed by atoms with E-state index in [0.29, 0.717) is 11.9 Å². The second-order valence-electron chi connectivity index (χ2n) is 9.11. The molecule has 1 fully saturated rings. The summed E-state index contributed by atoms with van der Waals surface area (Å²) in [6.45, 7) is 7.11. The number of fused-ring (bicyclic) bond motifs is 1. The number of nitrogens with zero attached hydrogens (tertiary/aromatic N) is 4. The first-order valence-corrected chi connectivity index (χ1v) is 11.4. The number of nitrogens with one attached hydrogen (secondary N) is 1. The number of para-hydroxylation sites is 1. The average Bonchev–Trinajstić information content (AvgIpc) is 2.76. The van der Waals surface area contributed by atoms with Crippen LogP contribution in [0.2, 0.25) is 0 Å². The number of carbonyl (C=O) groups excluding carboxylic acids is 1. The van der Waals surface area contributed by atoms with Crippen LogP contribution in [0.15, 0.2) is 36.5 Å². The first-order chi connectivity index (χ1) is 14.9. The van der Waals surface area contributed by atoms with Crippen LogP contribution >= 0.6 is 0 Å². The molecule has 31 heavy (non-hydrogen) atoms. The topological polar surface area (TPSA) is 81.6 Å². The van der Waals surface area contributed by atoms with E-state index in [2.05, 4.69) is 29.0 Å². The Kier molecular flexibility index (Phi) is 6.41. The zero-order valence-corrected chi connectivity index (χ0v) is 18.7. The Morgan fingerprint density at radius 3 is 2.55 bits per heavy atom. The predicted molar refractivity (Wildman–Crippen MR) is 124 cm³/mol. The smallest absolute Gasteiger partial charge is 0.254 e. The van der Waals surface area contributed by atoms with Crippen LogP contribution in [0.1, 0.15) is 52.9 Å². The molecule has 0 saturated heterocycles. The van der Waals surface area contributed by atoms with Crippen LogP contribution < -0.4 is 15.1 Å². The standard InChI is InChI=1S/C24H33N5O2/c1-16(2)13-14-28-17(3)23(31)29(19-7-5-4-6-8-19)21-15-25-24(27-22(21)28)26-18-9-11-20(30)12-10-18/h4-8,15-18,20,30H,9-14H2,1-3H3,(H,25,26,27)/t17?,18-,20-. The van der Waals surface area contributed by atoms with E-state index in [9.17, 15) is 9.90 Å². The highest BCUT2D eigenvalue weighted by Gasteiger charge is 2.38. The van der Waals surface area contributed by atoms with Crippen molar-refractivity contribution in [3.63, 3.8) is 0 Å². The van der Waals surface area contributed by atoms with Crippen LogP contribution in [0.3, 0.4) is 0 Å². The maximum Gasteiger partial charge on any atom is 0.254 e. The van der Waals surface area contributed by atoms with Crippen LogP contribution in [-0.4, -0.2) is 45.7 Å². The van der Waals surface area contributed by atoms with E-state index >= 15 is 0 Å². The monoisotopic (exact) mass is 423 g/mol. The summed E-state index contributed by atoms with van der Waals surface area (Å²) in [5, 5.41) is 13.2. The Morgan fingerprint density at radius 2 is 1.87 bits per heavy atom. The molecule has 1 aromatic heterocycles. The highest BCUT2D eigenvalue weighted by Crippen LogP contribution is 2.39. The molecule has 2 aromatic rings. The van der Waals surface area contributed by atoms with Crippen LogP contribution in [0.5, 0.6) is 0 Å². The predicted octanol–water partition coefficient (Wildman–Crippen LogP) is 4.11. The average molecular weight is 424 g/mol. The van der Waals surface area contributed by atoms with Gasteiger partial charge >= 0.3 is 0 Å². The van der Waals surface area contributed by atoms with E-state index in [1.807, 2.05) is 37.3 Å². The third-order valence-corrected chi connectivity index (χ3v) is 6.30. The van der Waals surface area contributed by atoms with Crippen molar-refractivity contribution >= 4 is 29.0 Å². The van der Waals surface area contributed by atoms with Gasteiger partial charge in [0, 0.05) is 18.3 Å². The number of rotatable bonds is 6. The Morgan fingerprint density at radius 1 is 1.16 bits per heavy atom. The third-order valence-electron chi connectivity index (χ3n) is 6.30. The van der Waals surface area contributed by atoms with Gasteiger partial charge in [0.2, 0.25) is 5.95 Å². The lowest BCUT2D eigenvalue weighted by Gasteiger charge is -2.41. The van der Waals surface area contributed by atoms with Gasteiger partial charge in [-0.2, -0.15) is 4.98 Å².